The molecule has 2 aromatic rings. The lowest BCUT2D eigenvalue weighted by atomic mass is 10.2. The van der Waals surface area contributed by atoms with Gasteiger partial charge in [-0.05, 0) is 69.1 Å². The first-order valence-electron chi connectivity index (χ1n) is 10.4. The first-order chi connectivity index (χ1) is 14.4. The van der Waals surface area contributed by atoms with E-state index in [-0.39, 0.29) is 4.90 Å². The molecule has 0 aromatic heterocycles. The maximum Gasteiger partial charge on any atom is 0.264 e. The molecule has 0 spiro atoms. The highest BCUT2D eigenvalue weighted by molar-refractivity contribution is 8.00. The number of anilines is 1. The van der Waals surface area contributed by atoms with Crippen LogP contribution in [0.2, 0.25) is 5.02 Å². The lowest BCUT2D eigenvalue weighted by Crippen LogP contribution is -2.35. The van der Waals surface area contributed by atoms with Crippen molar-refractivity contribution in [1.82, 2.24) is 4.90 Å². The van der Waals surface area contributed by atoms with E-state index in [9.17, 15) is 8.42 Å². The number of likely N-dealkylation sites (tertiary alicyclic amines) is 1. The Morgan fingerprint density at radius 2 is 1.97 bits per heavy atom. The van der Waals surface area contributed by atoms with Gasteiger partial charge in [0.1, 0.15) is 5.75 Å². The molecule has 1 atom stereocenters. The fourth-order valence-corrected chi connectivity index (χ4v) is 6.78. The Hall–Kier alpha value is -1.41. The smallest absolute Gasteiger partial charge is 0.264 e. The van der Waals surface area contributed by atoms with Gasteiger partial charge in [-0.1, -0.05) is 11.6 Å². The molecule has 2 heterocycles. The van der Waals surface area contributed by atoms with Gasteiger partial charge in [0, 0.05) is 40.9 Å². The average molecular weight is 467 g/mol. The topological polar surface area (TPSA) is 49.9 Å². The lowest BCUT2D eigenvalue weighted by molar-refractivity contribution is 0.230. The summed E-state index contributed by atoms with van der Waals surface area (Å²) in [4.78, 5) is 3.71. The average Bonchev–Trinajstić information content (AvgIpc) is 3.15. The van der Waals surface area contributed by atoms with E-state index in [1.165, 1.54) is 23.7 Å². The number of nitrogens with zero attached hydrogens (tertiary/aromatic N) is 2. The van der Waals surface area contributed by atoms with Gasteiger partial charge >= 0.3 is 0 Å². The van der Waals surface area contributed by atoms with E-state index in [2.05, 4.69) is 11.8 Å². The second kappa shape index (κ2) is 9.39. The molecule has 0 bridgehead atoms. The molecule has 0 amide bonds. The third-order valence-electron chi connectivity index (χ3n) is 5.70. The number of benzene rings is 2. The highest BCUT2D eigenvalue weighted by atomic mass is 35.5. The van der Waals surface area contributed by atoms with Crippen molar-refractivity contribution in [3.63, 3.8) is 0 Å². The van der Waals surface area contributed by atoms with Crippen molar-refractivity contribution >= 4 is 39.1 Å². The lowest BCUT2D eigenvalue weighted by Gasteiger charge is -2.30. The van der Waals surface area contributed by atoms with Gasteiger partial charge in [0.05, 0.1) is 17.2 Å². The van der Waals surface area contributed by atoms with Crippen LogP contribution in [0.5, 0.6) is 5.75 Å². The number of sulfonamides is 1. The van der Waals surface area contributed by atoms with Crippen molar-refractivity contribution in [3.8, 4) is 5.75 Å². The summed E-state index contributed by atoms with van der Waals surface area (Å²) in [7, 11) is -3.65. The summed E-state index contributed by atoms with van der Waals surface area (Å²) < 4.78 is 33.9. The molecule has 1 fully saturated rings. The summed E-state index contributed by atoms with van der Waals surface area (Å²) >= 11 is 7.60. The second-order valence-corrected chi connectivity index (χ2v) is 11.2. The molecule has 0 radical (unpaired) electrons. The number of hydrogen-bond acceptors (Lipinski definition) is 5. The molecule has 0 N–H and O–H groups in total. The summed E-state index contributed by atoms with van der Waals surface area (Å²) in [6.45, 7) is 5.55. The number of fused-ring (bicyclic) bond motifs is 1. The van der Waals surface area contributed by atoms with E-state index in [0.29, 0.717) is 41.4 Å². The van der Waals surface area contributed by atoms with Crippen molar-refractivity contribution < 1.29 is 13.2 Å². The van der Waals surface area contributed by atoms with Gasteiger partial charge in [0.15, 0.2) is 0 Å². The van der Waals surface area contributed by atoms with Crippen molar-refractivity contribution in [3.05, 3.63) is 47.5 Å². The van der Waals surface area contributed by atoms with Crippen LogP contribution in [0.25, 0.3) is 0 Å². The maximum atomic E-state index is 13.2. The Balaban J connectivity index is 1.46. The third-order valence-corrected chi connectivity index (χ3v) is 8.82. The Kier molecular flexibility index (Phi) is 6.82. The van der Waals surface area contributed by atoms with Gasteiger partial charge in [0.2, 0.25) is 0 Å². The quantitative estimate of drug-likeness (QED) is 0.543. The summed E-state index contributed by atoms with van der Waals surface area (Å²) in [6, 6.07) is 12.7. The molecule has 1 unspecified atom stereocenters. The zero-order valence-corrected chi connectivity index (χ0v) is 19.5. The Bertz CT molecular complexity index is 982. The minimum Gasteiger partial charge on any atom is -0.493 e. The van der Waals surface area contributed by atoms with Gasteiger partial charge in [-0.3, -0.25) is 4.31 Å². The number of hydrogen-bond donors (Lipinski definition) is 0. The Morgan fingerprint density at radius 1 is 1.17 bits per heavy atom. The molecular weight excluding hydrogens is 440 g/mol. The van der Waals surface area contributed by atoms with Crippen molar-refractivity contribution in [2.75, 3.05) is 36.3 Å². The molecule has 0 saturated carbocycles. The van der Waals surface area contributed by atoms with Gasteiger partial charge in [-0.15, -0.1) is 11.8 Å². The third kappa shape index (κ3) is 4.74. The van der Waals surface area contributed by atoms with Gasteiger partial charge < -0.3 is 9.64 Å². The molecular formula is C22H27ClN2O3S2. The highest BCUT2D eigenvalue weighted by Crippen LogP contribution is 2.40. The van der Waals surface area contributed by atoms with Crippen LogP contribution in [0.3, 0.4) is 0 Å². The predicted molar refractivity (Wildman–Crippen MR) is 124 cm³/mol. The van der Waals surface area contributed by atoms with Crippen LogP contribution in [-0.4, -0.2) is 51.4 Å². The zero-order chi connectivity index (χ0) is 21.1. The molecule has 5 nitrogen and oxygen atoms in total. The SMILES string of the molecule is CC1CCCN1CCCOc1ccc2c(c1)N(S(=O)(=O)c1ccc(Cl)cc1)CCS2. The Morgan fingerprint density at radius 3 is 2.70 bits per heavy atom. The van der Waals surface area contributed by atoms with E-state index in [0.717, 1.165) is 17.9 Å². The number of rotatable bonds is 7. The number of halogens is 1. The van der Waals surface area contributed by atoms with Crippen LogP contribution in [-0.2, 0) is 10.0 Å². The molecule has 2 aliphatic heterocycles. The largest absolute Gasteiger partial charge is 0.493 e. The molecule has 0 aliphatic carbocycles. The summed E-state index contributed by atoms with van der Waals surface area (Å²) in [5.41, 5.74) is 0.687. The maximum absolute atomic E-state index is 13.2. The number of thioether (sulfide) groups is 1. The van der Waals surface area contributed by atoms with E-state index >= 15 is 0 Å². The van der Waals surface area contributed by atoms with Gasteiger partial charge in [-0.2, -0.15) is 0 Å². The second-order valence-electron chi connectivity index (χ2n) is 7.74. The van der Waals surface area contributed by atoms with E-state index in [1.54, 1.807) is 36.0 Å². The normalized spacial score (nSPS) is 19.7. The minimum atomic E-state index is -3.65. The summed E-state index contributed by atoms with van der Waals surface area (Å²) in [5, 5.41) is 0.516. The van der Waals surface area contributed by atoms with Crippen molar-refractivity contribution in [2.45, 2.75) is 42.0 Å². The Labute approximate surface area is 188 Å². The predicted octanol–water partition coefficient (Wildman–Crippen LogP) is 4.89. The van der Waals surface area contributed by atoms with Crippen molar-refractivity contribution in [1.29, 1.82) is 0 Å². The standard InChI is InChI=1S/C22H27ClN2O3S2/c1-17-4-2-11-24(17)12-3-14-28-19-7-10-22-21(16-19)25(13-15-29-22)30(26,27)20-8-5-18(23)6-9-20/h5-10,16-17H,2-4,11-15H2,1H3. The molecule has 30 heavy (non-hydrogen) atoms. The zero-order valence-electron chi connectivity index (χ0n) is 17.1. The summed E-state index contributed by atoms with van der Waals surface area (Å²) in [5.74, 6) is 1.43. The van der Waals surface area contributed by atoms with Crippen LogP contribution < -0.4 is 9.04 Å². The first kappa shape index (κ1) is 21.8. The van der Waals surface area contributed by atoms with Crippen LogP contribution in [0.1, 0.15) is 26.2 Å². The molecule has 4 rings (SSSR count). The molecule has 8 heteroatoms. The minimum absolute atomic E-state index is 0.246. The molecule has 162 valence electrons. The fraction of sp³-hybridized carbons (Fsp3) is 0.455. The molecule has 2 aliphatic rings. The van der Waals surface area contributed by atoms with E-state index in [1.807, 2.05) is 18.2 Å². The first-order valence-corrected chi connectivity index (χ1v) is 13.2. The van der Waals surface area contributed by atoms with Crippen LogP contribution in [0, 0.1) is 0 Å². The molecule has 1 saturated heterocycles. The summed E-state index contributed by atoms with van der Waals surface area (Å²) in [6.07, 6.45) is 3.52. The van der Waals surface area contributed by atoms with Gasteiger partial charge in [0.25, 0.3) is 10.0 Å². The highest BCUT2D eigenvalue weighted by Gasteiger charge is 2.30. The van der Waals surface area contributed by atoms with E-state index < -0.39 is 10.0 Å². The fourth-order valence-electron chi connectivity index (χ4n) is 4.03. The van der Waals surface area contributed by atoms with Crippen molar-refractivity contribution in [2.24, 2.45) is 0 Å². The number of ether oxygens (including phenoxy) is 1. The van der Waals surface area contributed by atoms with Crippen LogP contribution in [0.4, 0.5) is 5.69 Å². The van der Waals surface area contributed by atoms with Gasteiger partial charge in [-0.25, -0.2) is 8.42 Å². The monoisotopic (exact) mass is 466 g/mol. The van der Waals surface area contributed by atoms with E-state index in [4.69, 9.17) is 16.3 Å². The molecule has 2 aromatic carbocycles. The van der Waals surface area contributed by atoms with Crippen LogP contribution >= 0.6 is 23.4 Å². The van der Waals surface area contributed by atoms with Crippen LogP contribution in [0.15, 0.2) is 52.3 Å².